The van der Waals surface area contributed by atoms with E-state index in [2.05, 4.69) is 33.2 Å². The highest BCUT2D eigenvalue weighted by atomic mass is 127. The lowest BCUT2D eigenvalue weighted by atomic mass is 10.1. The average Bonchev–Trinajstić information content (AvgIpc) is 2.60. The first kappa shape index (κ1) is 19.3. The minimum absolute atomic E-state index is 0.0814. The number of hydrogen-bond acceptors (Lipinski definition) is 3. The molecule has 0 saturated carbocycles. The van der Waals surface area contributed by atoms with Gasteiger partial charge in [0, 0.05) is 22.3 Å². The fourth-order valence-electron chi connectivity index (χ4n) is 2.14. The van der Waals surface area contributed by atoms with Crippen LogP contribution in [0, 0.1) is 9.39 Å². The number of benzene rings is 2. The number of aliphatic hydroxyl groups is 1. The van der Waals surface area contributed by atoms with Crippen molar-refractivity contribution in [2.24, 2.45) is 0 Å². The quantitative estimate of drug-likeness (QED) is 0.443. The summed E-state index contributed by atoms with van der Waals surface area (Å²) in [5.41, 5.74) is 1.04. The Balaban J connectivity index is 2.13. The molecule has 0 heterocycles. The molecular formula is C18H18FIN2O3. The van der Waals surface area contributed by atoms with E-state index in [1.165, 1.54) is 24.3 Å². The molecule has 5 nitrogen and oxygen atoms in total. The second kappa shape index (κ2) is 9.47. The zero-order valence-corrected chi connectivity index (χ0v) is 15.5. The summed E-state index contributed by atoms with van der Waals surface area (Å²) in [5, 5.41) is 14.2. The molecule has 2 aromatic carbocycles. The van der Waals surface area contributed by atoms with Gasteiger partial charge in [0.2, 0.25) is 0 Å². The molecule has 132 valence electrons. The summed E-state index contributed by atoms with van der Waals surface area (Å²) in [6.45, 7) is 0.522. The van der Waals surface area contributed by atoms with Crippen LogP contribution in [0.5, 0.6) is 0 Å². The van der Waals surface area contributed by atoms with Gasteiger partial charge < -0.3 is 15.7 Å². The van der Waals surface area contributed by atoms with Crippen LogP contribution < -0.4 is 10.6 Å². The molecule has 0 bridgehead atoms. The lowest BCUT2D eigenvalue weighted by molar-refractivity contribution is 0.0953. The third-order valence-corrected chi connectivity index (χ3v) is 4.12. The van der Waals surface area contributed by atoms with Crippen LogP contribution in [0.25, 0.3) is 0 Å². The number of carbonyl (C=O) groups excluding carboxylic acids is 2. The molecule has 0 aromatic heterocycles. The molecule has 0 atom stereocenters. The number of anilines is 1. The first-order valence-electron chi connectivity index (χ1n) is 7.77. The van der Waals surface area contributed by atoms with Gasteiger partial charge in [0.05, 0.1) is 11.3 Å². The molecule has 3 N–H and O–H groups in total. The molecule has 7 heteroatoms. The maximum absolute atomic E-state index is 13.0. The van der Waals surface area contributed by atoms with Crippen molar-refractivity contribution in [3.8, 4) is 0 Å². The summed E-state index contributed by atoms with van der Waals surface area (Å²) in [6.07, 6.45) is 1.28. The second-order valence-electron chi connectivity index (χ2n) is 5.34. The molecule has 2 aromatic rings. The van der Waals surface area contributed by atoms with Crippen molar-refractivity contribution in [3.63, 3.8) is 0 Å². The van der Waals surface area contributed by atoms with Crippen LogP contribution in [-0.4, -0.2) is 30.1 Å². The molecule has 0 saturated heterocycles. The van der Waals surface area contributed by atoms with Gasteiger partial charge in [-0.15, -0.1) is 0 Å². The van der Waals surface area contributed by atoms with E-state index < -0.39 is 11.7 Å². The van der Waals surface area contributed by atoms with E-state index in [1.54, 1.807) is 18.2 Å². The Morgan fingerprint density at radius 1 is 1.04 bits per heavy atom. The van der Waals surface area contributed by atoms with Crippen LogP contribution in [0.3, 0.4) is 0 Å². The molecule has 0 spiro atoms. The molecule has 0 aliphatic heterocycles. The predicted octanol–water partition coefficient (Wildman–Crippen LogP) is 3.18. The number of aliphatic hydroxyl groups excluding tert-OH is 1. The zero-order valence-electron chi connectivity index (χ0n) is 13.4. The normalized spacial score (nSPS) is 10.4. The van der Waals surface area contributed by atoms with Gasteiger partial charge in [0.25, 0.3) is 11.8 Å². The molecular weight excluding hydrogens is 438 g/mol. The highest BCUT2D eigenvalue weighted by Crippen LogP contribution is 2.20. The van der Waals surface area contributed by atoms with Crippen molar-refractivity contribution in [2.45, 2.75) is 12.8 Å². The van der Waals surface area contributed by atoms with Crippen LogP contribution in [0.4, 0.5) is 10.1 Å². The first-order chi connectivity index (χ1) is 12.0. The Morgan fingerprint density at radius 2 is 1.76 bits per heavy atom. The maximum atomic E-state index is 13.0. The number of unbranched alkanes of at least 4 members (excludes halogenated alkanes) is 1. The standard InChI is InChI=1S/C18H18FIN2O3/c19-13-5-3-12(4-6-13)17(24)22-16-8-7-14(20)11-15(16)18(25)21-9-1-2-10-23/h3-8,11,23H,1-2,9-10H2,(H,21,25)(H,22,24). The van der Waals surface area contributed by atoms with E-state index in [9.17, 15) is 14.0 Å². The number of amides is 2. The van der Waals surface area contributed by atoms with Gasteiger partial charge in [0.1, 0.15) is 5.82 Å². The summed E-state index contributed by atoms with van der Waals surface area (Å²) < 4.78 is 13.8. The van der Waals surface area contributed by atoms with Crippen LogP contribution in [0.1, 0.15) is 33.6 Å². The van der Waals surface area contributed by atoms with Gasteiger partial charge in [-0.05, 0) is 77.9 Å². The van der Waals surface area contributed by atoms with E-state index in [-0.39, 0.29) is 12.5 Å². The summed E-state index contributed by atoms with van der Waals surface area (Å²) >= 11 is 2.09. The Kier molecular flexibility index (Phi) is 7.32. The second-order valence-corrected chi connectivity index (χ2v) is 6.58. The number of rotatable bonds is 7. The third-order valence-electron chi connectivity index (χ3n) is 3.45. The summed E-state index contributed by atoms with van der Waals surface area (Å²) in [4.78, 5) is 24.7. The monoisotopic (exact) mass is 456 g/mol. The largest absolute Gasteiger partial charge is 0.396 e. The van der Waals surface area contributed by atoms with Crippen molar-refractivity contribution in [3.05, 3.63) is 63.0 Å². The van der Waals surface area contributed by atoms with Crippen molar-refractivity contribution in [1.29, 1.82) is 0 Å². The summed E-state index contributed by atoms with van der Waals surface area (Å²) in [6, 6.07) is 10.3. The van der Waals surface area contributed by atoms with Gasteiger partial charge in [-0.25, -0.2) is 4.39 Å². The van der Waals surface area contributed by atoms with Crippen LogP contribution >= 0.6 is 22.6 Å². The van der Waals surface area contributed by atoms with Crippen LogP contribution in [0.15, 0.2) is 42.5 Å². The molecule has 2 amide bonds. The summed E-state index contributed by atoms with van der Waals surface area (Å²) in [5.74, 6) is -1.14. The predicted molar refractivity (Wildman–Crippen MR) is 102 cm³/mol. The fourth-order valence-corrected chi connectivity index (χ4v) is 2.63. The fraction of sp³-hybridized carbons (Fsp3) is 0.222. The van der Waals surface area contributed by atoms with Crippen LogP contribution in [-0.2, 0) is 0 Å². The highest BCUT2D eigenvalue weighted by molar-refractivity contribution is 14.1. The molecule has 0 aliphatic rings. The average molecular weight is 456 g/mol. The first-order valence-corrected chi connectivity index (χ1v) is 8.84. The number of carbonyl (C=O) groups is 2. The molecule has 0 aliphatic carbocycles. The minimum Gasteiger partial charge on any atom is -0.396 e. The topological polar surface area (TPSA) is 78.4 Å². The Morgan fingerprint density at radius 3 is 2.44 bits per heavy atom. The van der Waals surface area contributed by atoms with Crippen molar-refractivity contribution >= 4 is 40.1 Å². The number of nitrogens with one attached hydrogen (secondary N) is 2. The van der Waals surface area contributed by atoms with Gasteiger partial charge >= 0.3 is 0 Å². The smallest absolute Gasteiger partial charge is 0.255 e. The van der Waals surface area contributed by atoms with Gasteiger partial charge in [-0.1, -0.05) is 0 Å². The molecule has 25 heavy (non-hydrogen) atoms. The van der Waals surface area contributed by atoms with E-state index in [0.29, 0.717) is 36.2 Å². The van der Waals surface area contributed by atoms with Crippen LogP contribution in [0.2, 0.25) is 0 Å². The molecule has 0 radical (unpaired) electrons. The SMILES string of the molecule is O=C(Nc1ccc(I)cc1C(=O)NCCCCO)c1ccc(F)cc1. The molecule has 0 unspecified atom stereocenters. The number of hydrogen-bond donors (Lipinski definition) is 3. The molecule has 0 fully saturated rings. The lowest BCUT2D eigenvalue weighted by Gasteiger charge is -2.12. The lowest BCUT2D eigenvalue weighted by Crippen LogP contribution is -2.26. The van der Waals surface area contributed by atoms with Crippen molar-refractivity contribution in [2.75, 3.05) is 18.5 Å². The van der Waals surface area contributed by atoms with Crippen molar-refractivity contribution < 1.29 is 19.1 Å². The minimum atomic E-state index is -0.422. The van der Waals surface area contributed by atoms with E-state index in [0.717, 1.165) is 3.57 Å². The number of halogens is 2. The maximum Gasteiger partial charge on any atom is 0.255 e. The Hall–Kier alpha value is -2.00. The third kappa shape index (κ3) is 5.79. The molecule has 2 rings (SSSR count). The van der Waals surface area contributed by atoms with Crippen molar-refractivity contribution in [1.82, 2.24) is 5.32 Å². The highest BCUT2D eigenvalue weighted by Gasteiger charge is 2.15. The van der Waals surface area contributed by atoms with E-state index >= 15 is 0 Å². The summed E-state index contributed by atoms with van der Waals surface area (Å²) in [7, 11) is 0. The van der Waals surface area contributed by atoms with Gasteiger partial charge in [-0.2, -0.15) is 0 Å². The Labute approximate surface area is 158 Å². The van der Waals surface area contributed by atoms with E-state index in [1.807, 2.05) is 0 Å². The zero-order chi connectivity index (χ0) is 18.2. The van der Waals surface area contributed by atoms with E-state index in [4.69, 9.17) is 5.11 Å². The van der Waals surface area contributed by atoms with Gasteiger partial charge in [0.15, 0.2) is 0 Å². The Bertz CT molecular complexity index is 750. The van der Waals surface area contributed by atoms with Gasteiger partial charge in [-0.3, -0.25) is 9.59 Å².